The van der Waals surface area contributed by atoms with Gasteiger partial charge in [-0.1, -0.05) is 6.92 Å². The van der Waals surface area contributed by atoms with Crippen LogP contribution in [0.15, 0.2) is 23.7 Å². The van der Waals surface area contributed by atoms with Crippen molar-refractivity contribution in [2.45, 2.75) is 19.6 Å². The van der Waals surface area contributed by atoms with Gasteiger partial charge in [-0.2, -0.15) is 0 Å². The molecule has 1 unspecified atom stereocenters. The lowest BCUT2D eigenvalue weighted by Crippen LogP contribution is -2.14. The Bertz CT molecular complexity index is 268. The smallest absolute Gasteiger partial charge is 0.396 e. The molecule has 0 spiro atoms. The highest BCUT2D eigenvalue weighted by atomic mass is 19.3. The topological polar surface area (TPSA) is 18.5 Å². The zero-order valence-corrected chi connectivity index (χ0v) is 6.51. The molecular weight excluding hydrogens is 166 g/mol. The highest BCUT2D eigenvalue weighted by Crippen LogP contribution is 2.39. The molecule has 1 aliphatic carbocycles. The van der Waals surface area contributed by atoms with E-state index in [2.05, 4.69) is 9.47 Å². The molecule has 1 heterocycles. The predicted octanol–water partition coefficient (Wildman–Crippen LogP) is 2.39. The summed E-state index contributed by atoms with van der Waals surface area (Å²) in [5.74, 6) is 0.568. The van der Waals surface area contributed by atoms with Gasteiger partial charge in [0.1, 0.15) is 0 Å². The number of ether oxygens (including phenoxy) is 2. The van der Waals surface area contributed by atoms with E-state index >= 15 is 0 Å². The molecule has 0 bridgehead atoms. The summed E-state index contributed by atoms with van der Waals surface area (Å²) in [4.78, 5) is 0. The molecule has 1 atom stereocenters. The molecule has 1 saturated heterocycles. The third-order valence-corrected chi connectivity index (χ3v) is 1.81. The summed E-state index contributed by atoms with van der Waals surface area (Å²) in [6.45, 7) is 1.93. The molecule has 0 aromatic carbocycles. The highest BCUT2D eigenvalue weighted by molar-refractivity contribution is 5.27. The van der Waals surface area contributed by atoms with Crippen LogP contribution in [-0.4, -0.2) is 6.29 Å². The molecule has 4 heteroatoms. The van der Waals surface area contributed by atoms with E-state index in [1.54, 1.807) is 12.2 Å². The summed E-state index contributed by atoms with van der Waals surface area (Å²) in [6, 6.07) is 0. The Kier molecular flexibility index (Phi) is 1.40. The van der Waals surface area contributed by atoms with Gasteiger partial charge in [0.05, 0.1) is 0 Å². The molecule has 2 nitrogen and oxygen atoms in total. The number of hydrogen-bond donors (Lipinski definition) is 0. The lowest BCUT2D eigenvalue weighted by Gasteiger charge is -2.08. The van der Waals surface area contributed by atoms with E-state index in [-0.39, 0.29) is 17.4 Å². The van der Waals surface area contributed by atoms with Gasteiger partial charge in [0.15, 0.2) is 11.5 Å². The average Bonchev–Trinajstić information content (AvgIpc) is 2.21. The maximum Gasteiger partial charge on any atom is 0.586 e. The lowest BCUT2D eigenvalue weighted by atomic mass is 10.0. The third-order valence-electron chi connectivity index (χ3n) is 1.81. The van der Waals surface area contributed by atoms with Crippen LogP contribution in [0.5, 0.6) is 0 Å². The molecule has 0 saturated carbocycles. The molecule has 2 aliphatic rings. The minimum absolute atomic E-state index is 0.165. The largest absolute Gasteiger partial charge is 0.586 e. The van der Waals surface area contributed by atoms with Crippen molar-refractivity contribution >= 4 is 0 Å². The van der Waals surface area contributed by atoms with E-state index in [9.17, 15) is 8.78 Å². The molecule has 1 aliphatic heterocycles. The minimum Gasteiger partial charge on any atom is -0.396 e. The van der Waals surface area contributed by atoms with Crippen LogP contribution in [-0.2, 0) is 9.47 Å². The van der Waals surface area contributed by atoms with Gasteiger partial charge in [0.2, 0.25) is 0 Å². The number of hydrogen-bond acceptors (Lipinski definition) is 2. The zero-order chi connectivity index (χ0) is 8.77. The second-order valence-corrected chi connectivity index (χ2v) is 2.98. The molecule has 0 aromatic heterocycles. The van der Waals surface area contributed by atoms with Crippen molar-refractivity contribution < 1.29 is 18.3 Å². The zero-order valence-electron chi connectivity index (χ0n) is 6.51. The first-order valence-electron chi connectivity index (χ1n) is 3.75. The average molecular weight is 174 g/mol. The Morgan fingerprint density at radius 1 is 1.42 bits per heavy atom. The van der Waals surface area contributed by atoms with E-state index in [1.165, 1.54) is 0 Å². The first kappa shape index (κ1) is 7.58. The maximum absolute atomic E-state index is 12.4. The van der Waals surface area contributed by atoms with Crippen molar-refractivity contribution in [2.75, 3.05) is 0 Å². The van der Waals surface area contributed by atoms with Crippen LogP contribution >= 0.6 is 0 Å². The Labute approximate surface area is 68.5 Å². The number of halogens is 2. The molecule has 66 valence electrons. The predicted molar refractivity (Wildman–Crippen MR) is 37.1 cm³/mol. The Morgan fingerprint density at radius 2 is 2.08 bits per heavy atom. The van der Waals surface area contributed by atoms with Gasteiger partial charge in [-0.05, 0) is 24.5 Å². The first-order chi connectivity index (χ1) is 5.57. The third kappa shape index (κ3) is 1.17. The van der Waals surface area contributed by atoms with Crippen LogP contribution in [0.3, 0.4) is 0 Å². The molecule has 1 fully saturated rings. The van der Waals surface area contributed by atoms with Gasteiger partial charge in [-0.25, -0.2) is 0 Å². The summed E-state index contributed by atoms with van der Waals surface area (Å²) in [5, 5.41) is 0. The minimum atomic E-state index is -3.47. The molecule has 2 rings (SSSR count). The van der Waals surface area contributed by atoms with Gasteiger partial charge in [-0.15, -0.1) is 8.78 Å². The van der Waals surface area contributed by atoms with Crippen LogP contribution in [0.2, 0.25) is 0 Å². The van der Waals surface area contributed by atoms with E-state index in [0.29, 0.717) is 0 Å². The van der Waals surface area contributed by atoms with Crippen molar-refractivity contribution in [1.29, 1.82) is 0 Å². The maximum atomic E-state index is 12.4. The van der Waals surface area contributed by atoms with Crippen molar-refractivity contribution in [3.63, 3.8) is 0 Å². The van der Waals surface area contributed by atoms with Gasteiger partial charge < -0.3 is 9.47 Å². The molecular formula is C8H8F2O2. The van der Waals surface area contributed by atoms with Crippen LogP contribution in [0, 0.1) is 5.92 Å². The van der Waals surface area contributed by atoms with E-state index in [1.807, 2.05) is 6.92 Å². The molecule has 0 radical (unpaired) electrons. The van der Waals surface area contributed by atoms with Crippen molar-refractivity contribution in [3.8, 4) is 0 Å². The van der Waals surface area contributed by atoms with Crippen LogP contribution in [0.1, 0.15) is 13.3 Å². The summed E-state index contributed by atoms with van der Waals surface area (Å²) in [7, 11) is 0. The second-order valence-electron chi connectivity index (χ2n) is 2.98. The number of rotatable bonds is 0. The molecule has 0 amide bonds. The molecule has 0 N–H and O–H groups in total. The Morgan fingerprint density at radius 3 is 2.83 bits per heavy atom. The number of fused-ring (bicyclic) bond motifs is 1. The standard InChI is InChI=1S/C8H8F2O2/c1-5-2-3-6-7(4-5)12-8(9,10)11-6/h3-5H,2H2,1H3. The van der Waals surface area contributed by atoms with Gasteiger partial charge in [0, 0.05) is 0 Å². The fourth-order valence-electron chi connectivity index (χ4n) is 1.26. The molecule has 12 heavy (non-hydrogen) atoms. The number of allylic oxidation sites excluding steroid dienone is 2. The van der Waals surface area contributed by atoms with Crippen LogP contribution in [0.4, 0.5) is 8.78 Å². The lowest BCUT2D eigenvalue weighted by molar-refractivity contribution is -0.326. The van der Waals surface area contributed by atoms with E-state index < -0.39 is 6.29 Å². The van der Waals surface area contributed by atoms with Gasteiger partial charge in [-0.3, -0.25) is 0 Å². The normalized spacial score (nSPS) is 31.1. The van der Waals surface area contributed by atoms with Gasteiger partial charge >= 0.3 is 6.29 Å². The van der Waals surface area contributed by atoms with Crippen LogP contribution < -0.4 is 0 Å². The summed E-state index contributed by atoms with van der Waals surface area (Å²) in [6.07, 6.45) is 0.525. The highest BCUT2D eigenvalue weighted by Gasteiger charge is 2.46. The monoisotopic (exact) mass is 174 g/mol. The summed E-state index contributed by atoms with van der Waals surface area (Å²) < 4.78 is 33.4. The summed E-state index contributed by atoms with van der Waals surface area (Å²) >= 11 is 0. The van der Waals surface area contributed by atoms with E-state index in [0.717, 1.165) is 6.42 Å². The Hall–Kier alpha value is -1.06. The van der Waals surface area contributed by atoms with Crippen molar-refractivity contribution in [3.05, 3.63) is 23.7 Å². The van der Waals surface area contributed by atoms with E-state index in [4.69, 9.17) is 0 Å². The fourth-order valence-corrected chi connectivity index (χ4v) is 1.26. The molecule has 0 aromatic rings. The number of alkyl halides is 2. The van der Waals surface area contributed by atoms with Crippen molar-refractivity contribution in [1.82, 2.24) is 0 Å². The SMILES string of the molecule is CC1C=C2OC(F)(F)OC2=CC1. The fraction of sp³-hybridized carbons (Fsp3) is 0.500. The van der Waals surface area contributed by atoms with Crippen molar-refractivity contribution in [2.24, 2.45) is 5.92 Å². The Balaban J connectivity index is 2.27. The summed E-state index contributed by atoms with van der Waals surface area (Å²) in [5.41, 5.74) is 0. The quantitative estimate of drug-likeness (QED) is 0.561. The second kappa shape index (κ2) is 2.21. The first-order valence-corrected chi connectivity index (χ1v) is 3.75. The van der Waals surface area contributed by atoms with Gasteiger partial charge in [0.25, 0.3) is 0 Å². The van der Waals surface area contributed by atoms with Crippen LogP contribution in [0.25, 0.3) is 0 Å².